The van der Waals surface area contributed by atoms with Crippen molar-refractivity contribution >= 4 is 11.8 Å². The fourth-order valence-electron chi connectivity index (χ4n) is 3.33. The average Bonchev–Trinajstić information content (AvgIpc) is 2.95. The van der Waals surface area contributed by atoms with Gasteiger partial charge in [-0.3, -0.25) is 0 Å². The Labute approximate surface area is 115 Å². The van der Waals surface area contributed by atoms with Crippen molar-refractivity contribution in [2.45, 2.75) is 42.8 Å². The van der Waals surface area contributed by atoms with Crippen LogP contribution in [0, 0.1) is 11.8 Å². The summed E-state index contributed by atoms with van der Waals surface area (Å²) < 4.78 is 0. The number of fused-ring (bicyclic) bond motifs is 1. The molecule has 2 heteroatoms. The first kappa shape index (κ1) is 12.6. The molecule has 1 aliphatic heterocycles. The van der Waals surface area contributed by atoms with Crippen molar-refractivity contribution in [3.63, 3.8) is 0 Å². The Kier molecular flexibility index (Phi) is 3.95. The molecule has 3 rings (SSSR count). The van der Waals surface area contributed by atoms with Crippen LogP contribution in [0.5, 0.6) is 0 Å². The smallest absolute Gasteiger partial charge is 0.0260 e. The second-order valence-corrected chi connectivity index (χ2v) is 7.34. The van der Waals surface area contributed by atoms with Crippen LogP contribution in [0.3, 0.4) is 0 Å². The Morgan fingerprint density at radius 1 is 1.22 bits per heavy atom. The van der Waals surface area contributed by atoms with Crippen LogP contribution >= 0.6 is 11.8 Å². The number of hydrogen-bond donors (Lipinski definition) is 1. The van der Waals surface area contributed by atoms with E-state index in [0.717, 1.165) is 17.1 Å². The standard InChI is InChI=1S/C16H23NS/c1-12-6-7-13(8-12)10-17-11-15-9-14-4-2-3-5-16(14)18-15/h2-5,12-13,15,17H,6-11H2,1H3. The van der Waals surface area contributed by atoms with Gasteiger partial charge in [0.25, 0.3) is 0 Å². The lowest BCUT2D eigenvalue weighted by molar-refractivity contribution is 0.471. The van der Waals surface area contributed by atoms with E-state index in [9.17, 15) is 0 Å². The van der Waals surface area contributed by atoms with Crippen molar-refractivity contribution < 1.29 is 0 Å². The first-order valence-electron chi connectivity index (χ1n) is 7.26. The minimum Gasteiger partial charge on any atom is -0.315 e. The third-order valence-electron chi connectivity index (χ3n) is 4.32. The summed E-state index contributed by atoms with van der Waals surface area (Å²) in [4.78, 5) is 1.50. The lowest BCUT2D eigenvalue weighted by atomic mass is 10.1. The van der Waals surface area contributed by atoms with Gasteiger partial charge in [0.1, 0.15) is 0 Å². The van der Waals surface area contributed by atoms with Crippen molar-refractivity contribution in [2.24, 2.45) is 11.8 Å². The highest BCUT2D eigenvalue weighted by Crippen LogP contribution is 2.36. The van der Waals surface area contributed by atoms with Gasteiger partial charge >= 0.3 is 0 Å². The Hall–Kier alpha value is -0.470. The molecule has 1 aromatic carbocycles. The summed E-state index contributed by atoms with van der Waals surface area (Å²) in [7, 11) is 0. The van der Waals surface area contributed by atoms with E-state index in [4.69, 9.17) is 0 Å². The van der Waals surface area contributed by atoms with Crippen LogP contribution in [0.2, 0.25) is 0 Å². The van der Waals surface area contributed by atoms with Crippen molar-refractivity contribution in [3.05, 3.63) is 29.8 Å². The molecule has 2 aliphatic rings. The van der Waals surface area contributed by atoms with Gasteiger partial charge < -0.3 is 5.32 Å². The highest BCUT2D eigenvalue weighted by atomic mass is 32.2. The van der Waals surface area contributed by atoms with Crippen LogP contribution in [0.1, 0.15) is 31.7 Å². The number of thioether (sulfide) groups is 1. The van der Waals surface area contributed by atoms with Crippen molar-refractivity contribution in [1.29, 1.82) is 0 Å². The monoisotopic (exact) mass is 261 g/mol. The lowest BCUT2D eigenvalue weighted by Gasteiger charge is -2.14. The summed E-state index contributed by atoms with van der Waals surface area (Å²) in [6, 6.07) is 8.86. The predicted molar refractivity (Wildman–Crippen MR) is 79.2 cm³/mol. The van der Waals surface area contributed by atoms with E-state index in [1.807, 2.05) is 0 Å². The van der Waals surface area contributed by atoms with Gasteiger partial charge in [-0.15, -0.1) is 11.8 Å². The fraction of sp³-hybridized carbons (Fsp3) is 0.625. The minimum absolute atomic E-state index is 0.751. The first-order chi connectivity index (χ1) is 8.81. The maximum absolute atomic E-state index is 3.70. The first-order valence-corrected chi connectivity index (χ1v) is 8.14. The highest BCUT2D eigenvalue weighted by Gasteiger charge is 2.23. The molecule has 18 heavy (non-hydrogen) atoms. The number of nitrogens with one attached hydrogen (secondary N) is 1. The fourth-order valence-corrected chi connectivity index (χ4v) is 4.61. The van der Waals surface area contributed by atoms with E-state index < -0.39 is 0 Å². The molecular weight excluding hydrogens is 238 g/mol. The molecule has 0 saturated heterocycles. The molecule has 1 aromatic rings. The van der Waals surface area contributed by atoms with E-state index in [2.05, 4.69) is 48.3 Å². The molecule has 1 aliphatic carbocycles. The molecule has 1 heterocycles. The van der Waals surface area contributed by atoms with Crippen LogP contribution in [0.15, 0.2) is 29.2 Å². The van der Waals surface area contributed by atoms with Gasteiger partial charge in [-0.2, -0.15) is 0 Å². The molecule has 1 N–H and O–H groups in total. The molecule has 1 saturated carbocycles. The third kappa shape index (κ3) is 2.92. The predicted octanol–water partition coefficient (Wildman–Crippen LogP) is 3.73. The van der Waals surface area contributed by atoms with Crippen LogP contribution in [0.4, 0.5) is 0 Å². The van der Waals surface area contributed by atoms with E-state index in [0.29, 0.717) is 0 Å². The Bertz CT molecular complexity index is 379. The SMILES string of the molecule is CC1CCC(CNCC2Cc3ccccc3S2)C1. The average molecular weight is 261 g/mol. The van der Waals surface area contributed by atoms with Crippen LogP contribution < -0.4 is 5.32 Å². The molecule has 3 atom stereocenters. The van der Waals surface area contributed by atoms with E-state index >= 15 is 0 Å². The Morgan fingerprint density at radius 3 is 2.89 bits per heavy atom. The Balaban J connectivity index is 1.41. The van der Waals surface area contributed by atoms with Gasteiger partial charge in [0.2, 0.25) is 0 Å². The highest BCUT2D eigenvalue weighted by molar-refractivity contribution is 8.00. The molecule has 0 spiro atoms. The zero-order valence-electron chi connectivity index (χ0n) is 11.2. The van der Waals surface area contributed by atoms with E-state index in [1.165, 1.54) is 43.7 Å². The summed E-state index contributed by atoms with van der Waals surface area (Å²) in [5.74, 6) is 1.90. The molecule has 3 unspecified atom stereocenters. The summed E-state index contributed by atoms with van der Waals surface area (Å²) in [6.07, 6.45) is 5.56. The molecule has 0 amide bonds. The third-order valence-corrected chi connectivity index (χ3v) is 5.64. The number of hydrogen-bond acceptors (Lipinski definition) is 2. The summed E-state index contributed by atoms with van der Waals surface area (Å²) >= 11 is 2.06. The van der Waals surface area contributed by atoms with Crippen molar-refractivity contribution in [3.8, 4) is 0 Å². The van der Waals surface area contributed by atoms with Crippen LogP contribution in [0.25, 0.3) is 0 Å². The zero-order chi connectivity index (χ0) is 12.4. The lowest BCUT2D eigenvalue weighted by Crippen LogP contribution is -2.28. The molecule has 0 aromatic heterocycles. The van der Waals surface area contributed by atoms with E-state index in [1.54, 1.807) is 5.56 Å². The summed E-state index contributed by atoms with van der Waals surface area (Å²) in [5.41, 5.74) is 1.55. The Morgan fingerprint density at radius 2 is 2.11 bits per heavy atom. The molecule has 0 radical (unpaired) electrons. The van der Waals surface area contributed by atoms with Gasteiger partial charge in [0.15, 0.2) is 0 Å². The normalized spacial score (nSPS) is 30.6. The van der Waals surface area contributed by atoms with Gasteiger partial charge in [-0.05, 0) is 49.3 Å². The largest absolute Gasteiger partial charge is 0.315 e. The molecule has 0 bridgehead atoms. The minimum atomic E-state index is 0.751. The van der Waals surface area contributed by atoms with Gasteiger partial charge in [-0.25, -0.2) is 0 Å². The van der Waals surface area contributed by atoms with Crippen molar-refractivity contribution in [1.82, 2.24) is 5.32 Å². The molecule has 1 fully saturated rings. The number of benzene rings is 1. The zero-order valence-corrected chi connectivity index (χ0v) is 12.0. The summed E-state index contributed by atoms with van der Waals surface area (Å²) in [5, 5.41) is 4.45. The second-order valence-electron chi connectivity index (χ2n) is 5.99. The van der Waals surface area contributed by atoms with E-state index in [-0.39, 0.29) is 0 Å². The quantitative estimate of drug-likeness (QED) is 0.886. The second kappa shape index (κ2) is 5.66. The maximum atomic E-state index is 3.70. The topological polar surface area (TPSA) is 12.0 Å². The molecular formula is C16H23NS. The molecule has 98 valence electrons. The molecule has 1 nitrogen and oxygen atoms in total. The van der Waals surface area contributed by atoms with Gasteiger partial charge in [0, 0.05) is 16.7 Å². The van der Waals surface area contributed by atoms with Crippen LogP contribution in [-0.2, 0) is 6.42 Å². The van der Waals surface area contributed by atoms with Gasteiger partial charge in [-0.1, -0.05) is 31.5 Å². The van der Waals surface area contributed by atoms with Crippen LogP contribution in [-0.4, -0.2) is 18.3 Å². The van der Waals surface area contributed by atoms with Gasteiger partial charge in [0.05, 0.1) is 0 Å². The maximum Gasteiger partial charge on any atom is 0.0260 e. The summed E-state index contributed by atoms with van der Waals surface area (Å²) in [6.45, 7) is 4.80. The van der Waals surface area contributed by atoms with Crippen molar-refractivity contribution in [2.75, 3.05) is 13.1 Å². The number of rotatable bonds is 4.